The van der Waals surface area contributed by atoms with E-state index in [1.54, 1.807) is 44.8 Å². The molecule has 170 valence electrons. The molecule has 1 aliphatic heterocycles. The maximum Gasteiger partial charge on any atom is 0.268 e. The molecule has 33 heavy (non-hydrogen) atoms. The summed E-state index contributed by atoms with van der Waals surface area (Å²) in [6.07, 6.45) is 3.92. The van der Waals surface area contributed by atoms with Crippen LogP contribution in [0.25, 0.3) is 0 Å². The van der Waals surface area contributed by atoms with Crippen LogP contribution in [0.15, 0.2) is 66.0 Å². The lowest BCUT2D eigenvalue weighted by Gasteiger charge is -2.25. The van der Waals surface area contributed by atoms with E-state index in [4.69, 9.17) is 9.47 Å². The zero-order valence-electron chi connectivity index (χ0n) is 18.7. The maximum atomic E-state index is 13.3. The molecule has 0 unspecified atom stereocenters. The fraction of sp³-hybridized carbons (Fsp3) is 0.250. The van der Waals surface area contributed by atoms with Gasteiger partial charge in [-0.3, -0.25) is 9.59 Å². The number of imidazole rings is 1. The first-order valence-electron chi connectivity index (χ1n) is 10.5. The summed E-state index contributed by atoms with van der Waals surface area (Å²) in [5, 5.41) is 8.68. The smallest absolute Gasteiger partial charge is 0.268 e. The lowest BCUT2D eigenvalue weighted by atomic mass is 10.0. The van der Waals surface area contributed by atoms with Crippen LogP contribution in [0.3, 0.4) is 0 Å². The Morgan fingerprint density at radius 3 is 2.36 bits per heavy atom. The zero-order valence-corrected chi connectivity index (χ0v) is 18.7. The lowest BCUT2D eigenvalue weighted by Crippen LogP contribution is -2.41. The van der Waals surface area contributed by atoms with Crippen molar-refractivity contribution < 1.29 is 19.1 Å². The summed E-state index contributed by atoms with van der Waals surface area (Å²) in [5.41, 5.74) is 1.62. The number of carbonyl (C=O) groups is 2. The predicted octanol–water partition coefficient (Wildman–Crippen LogP) is 2.83. The first-order valence-corrected chi connectivity index (χ1v) is 10.5. The molecule has 1 atom stereocenters. The molecule has 0 saturated heterocycles. The number of methoxy groups -OCH3 is 2. The molecule has 0 aliphatic carbocycles. The van der Waals surface area contributed by atoms with Crippen molar-refractivity contribution in [3.05, 3.63) is 72.3 Å². The highest BCUT2D eigenvalue weighted by molar-refractivity contribution is 6.40. The molecule has 9 nitrogen and oxygen atoms in total. The molecule has 2 amide bonds. The topological polar surface area (TPSA) is 98.1 Å². The molecule has 4 rings (SSSR count). The number of ether oxygens (including phenoxy) is 2. The second-order valence-electron chi connectivity index (χ2n) is 7.54. The summed E-state index contributed by atoms with van der Waals surface area (Å²) in [5.74, 6) is 1.28. The summed E-state index contributed by atoms with van der Waals surface area (Å²) in [6.45, 7) is 0. The van der Waals surface area contributed by atoms with Gasteiger partial charge in [0.1, 0.15) is 29.1 Å². The van der Waals surface area contributed by atoms with E-state index >= 15 is 0 Å². The van der Waals surface area contributed by atoms with E-state index in [-0.39, 0.29) is 30.4 Å². The minimum Gasteiger partial charge on any atom is -0.497 e. The van der Waals surface area contributed by atoms with Gasteiger partial charge >= 0.3 is 0 Å². The SMILES string of the molecule is COc1cc(OC)cc([C@@H](NC(=O)C2=NN(c3ccccc3)C(=O)CC2)c2nccn2C)c1. The van der Waals surface area contributed by atoms with Crippen LogP contribution >= 0.6 is 0 Å². The van der Waals surface area contributed by atoms with Gasteiger partial charge in [-0.25, -0.2) is 9.99 Å². The third-order valence-electron chi connectivity index (χ3n) is 5.39. The molecule has 1 aromatic heterocycles. The molecule has 0 spiro atoms. The third kappa shape index (κ3) is 4.72. The number of anilines is 1. The summed E-state index contributed by atoms with van der Waals surface area (Å²) in [4.78, 5) is 30.2. The number of rotatable bonds is 7. The van der Waals surface area contributed by atoms with E-state index in [9.17, 15) is 9.59 Å². The van der Waals surface area contributed by atoms with E-state index in [1.807, 2.05) is 41.9 Å². The van der Waals surface area contributed by atoms with E-state index in [2.05, 4.69) is 15.4 Å². The Morgan fingerprint density at radius 2 is 1.76 bits per heavy atom. The number of amides is 2. The van der Waals surface area contributed by atoms with Crippen molar-refractivity contribution >= 4 is 23.2 Å². The number of aromatic nitrogens is 2. The van der Waals surface area contributed by atoms with Crippen LogP contribution in [0.4, 0.5) is 5.69 Å². The molecule has 1 N–H and O–H groups in total. The van der Waals surface area contributed by atoms with E-state index < -0.39 is 6.04 Å². The van der Waals surface area contributed by atoms with Gasteiger partial charge < -0.3 is 19.4 Å². The Kier molecular flexibility index (Phi) is 6.39. The molecule has 2 aromatic carbocycles. The van der Waals surface area contributed by atoms with Crippen LogP contribution in [-0.2, 0) is 16.6 Å². The normalized spacial score (nSPS) is 14.5. The van der Waals surface area contributed by atoms with Crippen LogP contribution < -0.4 is 19.8 Å². The maximum absolute atomic E-state index is 13.3. The van der Waals surface area contributed by atoms with Gasteiger partial charge in [0.05, 0.1) is 19.9 Å². The number of benzene rings is 2. The van der Waals surface area contributed by atoms with Crippen LogP contribution in [0.5, 0.6) is 11.5 Å². The molecular weight excluding hydrogens is 422 g/mol. The van der Waals surface area contributed by atoms with Crippen molar-refractivity contribution in [2.24, 2.45) is 12.1 Å². The Morgan fingerprint density at radius 1 is 1.06 bits per heavy atom. The Labute approximate surface area is 191 Å². The fourth-order valence-electron chi connectivity index (χ4n) is 3.65. The van der Waals surface area contributed by atoms with Gasteiger partial charge in [0.2, 0.25) is 5.91 Å². The van der Waals surface area contributed by atoms with Crippen molar-refractivity contribution in [1.82, 2.24) is 14.9 Å². The first-order chi connectivity index (χ1) is 16.0. The second kappa shape index (κ2) is 9.56. The second-order valence-corrected chi connectivity index (χ2v) is 7.54. The Bertz CT molecular complexity index is 1170. The van der Waals surface area contributed by atoms with Gasteiger partial charge in [0.25, 0.3) is 5.91 Å². The molecule has 2 heterocycles. The quantitative estimate of drug-likeness (QED) is 0.601. The molecule has 0 saturated carbocycles. The van der Waals surface area contributed by atoms with Gasteiger partial charge in [0, 0.05) is 38.3 Å². The fourth-order valence-corrected chi connectivity index (χ4v) is 3.65. The van der Waals surface area contributed by atoms with Gasteiger partial charge in [-0.2, -0.15) is 5.10 Å². The molecule has 3 aromatic rings. The van der Waals surface area contributed by atoms with Gasteiger partial charge in [-0.1, -0.05) is 18.2 Å². The summed E-state index contributed by atoms with van der Waals surface area (Å²) >= 11 is 0. The average molecular weight is 447 g/mol. The Hall–Kier alpha value is -4.14. The number of nitrogens with one attached hydrogen (secondary N) is 1. The number of para-hydroxylation sites is 1. The minimum absolute atomic E-state index is 0.157. The van der Waals surface area contributed by atoms with Gasteiger partial charge in [0.15, 0.2) is 0 Å². The van der Waals surface area contributed by atoms with Crippen LogP contribution in [0.2, 0.25) is 0 Å². The van der Waals surface area contributed by atoms with Crippen molar-refractivity contribution in [1.29, 1.82) is 0 Å². The van der Waals surface area contributed by atoms with Crippen LogP contribution in [0.1, 0.15) is 30.3 Å². The zero-order chi connectivity index (χ0) is 23.4. The lowest BCUT2D eigenvalue weighted by molar-refractivity contribution is -0.119. The van der Waals surface area contributed by atoms with Crippen molar-refractivity contribution in [3.63, 3.8) is 0 Å². The van der Waals surface area contributed by atoms with Crippen molar-refractivity contribution in [2.45, 2.75) is 18.9 Å². The highest BCUT2D eigenvalue weighted by Crippen LogP contribution is 2.30. The van der Waals surface area contributed by atoms with E-state index in [0.29, 0.717) is 23.0 Å². The van der Waals surface area contributed by atoms with Crippen molar-refractivity contribution in [3.8, 4) is 11.5 Å². The summed E-state index contributed by atoms with van der Waals surface area (Å²) in [6, 6.07) is 13.9. The number of hydrazone groups is 1. The van der Waals surface area contributed by atoms with Gasteiger partial charge in [-0.15, -0.1) is 0 Å². The highest BCUT2D eigenvalue weighted by Gasteiger charge is 2.29. The van der Waals surface area contributed by atoms with E-state index in [1.165, 1.54) is 5.01 Å². The number of nitrogens with zero attached hydrogens (tertiary/aromatic N) is 4. The molecule has 0 bridgehead atoms. The number of aryl methyl sites for hydroxylation is 1. The molecular formula is C24H25N5O4. The first kappa shape index (κ1) is 22.1. The van der Waals surface area contributed by atoms with Crippen LogP contribution in [0, 0.1) is 0 Å². The number of hydrogen-bond donors (Lipinski definition) is 1. The molecule has 0 radical (unpaired) electrons. The van der Waals surface area contributed by atoms with Crippen LogP contribution in [-0.4, -0.2) is 41.3 Å². The molecule has 0 fully saturated rings. The highest BCUT2D eigenvalue weighted by atomic mass is 16.5. The Balaban J connectivity index is 1.68. The van der Waals surface area contributed by atoms with Crippen molar-refractivity contribution in [2.75, 3.05) is 19.2 Å². The number of hydrogen-bond acceptors (Lipinski definition) is 6. The monoisotopic (exact) mass is 447 g/mol. The third-order valence-corrected chi connectivity index (χ3v) is 5.39. The minimum atomic E-state index is -0.591. The summed E-state index contributed by atoms with van der Waals surface area (Å²) < 4.78 is 12.6. The standard InChI is InChI=1S/C24H25N5O4/c1-28-12-11-25-23(28)22(16-13-18(32-2)15-19(14-16)33-3)26-24(31)20-9-10-21(30)29(27-20)17-7-5-4-6-8-17/h4-8,11-15,22H,9-10H2,1-3H3,(H,26,31)/t22-/m1/s1. The predicted molar refractivity (Wildman–Crippen MR) is 123 cm³/mol. The summed E-state index contributed by atoms with van der Waals surface area (Å²) in [7, 11) is 4.99. The largest absolute Gasteiger partial charge is 0.497 e. The van der Waals surface area contributed by atoms with Gasteiger partial charge in [-0.05, 0) is 29.8 Å². The molecule has 1 aliphatic rings. The number of carbonyl (C=O) groups excluding carboxylic acids is 2. The average Bonchev–Trinajstić information content (AvgIpc) is 3.28. The molecule has 9 heteroatoms. The van der Waals surface area contributed by atoms with E-state index in [0.717, 1.165) is 5.56 Å².